The number of rotatable bonds is 8. The lowest BCUT2D eigenvalue weighted by Gasteiger charge is -2.31. The fourth-order valence-corrected chi connectivity index (χ4v) is 3.66. The van der Waals surface area contributed by atoms with E-state index in [2.05, 4.69) is 28.2 Å². The Morgan fingerprint density at radius 3 is 2.86 bits per heavy atom. The van der Waals surface area contributed by atoms with E-state index in [0.29, 0.717) is 34.1 Å². The van der Waals surface area contributed by atoms with Crippen molar-refractivity contribution in [2.24, 2.45) is 5.92 Å². The summed E-state index contributed by atoms with van der Waals surface area (Å²) >= 11 is 3.34. The number of nitriles is 1. The molecule has 1 aliphatic heterocycles. The molecule has 0 spiro atoms. The summed E-state index contributed by atoms with van der Waals surface area (Å²) in [5, 5.41) is 11.8. The van der Waals surface area contributed by atoms with Gasteiger partial charge in [-0.25, -0.2) is 0 Å². The van der Waals surface area contributed by atoms with Gasteiger partial charge in [0.25, 0.3) is 5.91 Å². The van der Waals surface area contributed by atoms with Crippen LogP contribution in [0.1, 0.15) is 38.7 Å². The van der Waals surface area contributed by atoms with Gasteiger partial charge >= 0.3 is 0 Å². The Balaban J connectivity index is 1.81. The minimum Gasteiger partial charge on any atom is -0.490 e. The number of nitrogens with zero attached hydrogens (tertiary/aromatic N) is 2. The van der Waals surface area contributed by atoms with Crippen LogP contribution in [0.3, 0.4) is 0 Å². The smallest absolute Gasteiger partial charge is 0.257 e. The van der Waals surface area contributed by atoms with E-state index in [1.54, 1.807) is 12.1 Å². The molecule has 1 heterocycles. The van der Waals surface area contributed by atoms with Crippen molar-refractivity contribution in [2.45, 2.75) is 33.1 Å². The summed E-state index contributed by atoms with van der Waals surface area (Å²) < 4.78 is 11.6. The van der Waals surface area contributed by atoms with Crippen LogP contribution in [-0.2, 0) is 9.59 Å². The number of carbonyl (C=O) groups excluding carboxylic acids is 2. The van der Waals surface area contributed by atoms with E-state index in [9.17, 15) is 9.59 Å². The first-order valence-corrected chi connectivity index (χ1v) is 10.3. The Hall–Kier alpha value is -2.27. The molecule has 0 aromatic heterocycles. The fourth-order valence-electron chi connectivity index (χ4n) is 3.11. The van der Waals surface area contributed by atoms with Gasteiger partial charge in [-0.3, -0.25) is 9.59 Å². The number of halogens is 1. The number of nitrogens with one attached hydrogen (secondary N) is 1. The van der Waals surface area contributed by atoms with Gasteiger partial charge < -0.3 is 19.7 Å². The number of carbonyl (C=O) groups is 2. The van der Waals surface area contributed by atoms with E-state index in [1.165, 1.54) is 0 Å². The Bertz CT molecular complexity index is 748. The highest BCUT2D eigenvalue weighted by Gasteiger charge is 2.20. The van der Waals surface area contributed by atoms with E-state index in [-0.39, 0.29) is 31.4 Å². The van der Waals surface area contributed by atoms with Crippen LogP contribution in [-0.4, -0.2) is 49.6 Å². The molecule has 8 heteroatoms. The van der Waals surface area contributed by atoms with Gasteiger partial charge in [-0.2, -0.15) is 5.26 Å². The minimum absolute atomic E-state index is 0.0706. The molecule has 0 saturated carbocycles. The van der Waals surface area contributed by atoms with Crippen LogP contribution in [0.2, 0.25) is 0 Å². The monoisotopic (exact) mass is 451 g/mol. The second kappa shape index (κ2) is 10.9. The molecule has 2 amide bonds. The van der Waals surface area contributed by atoms with Gasteiger partial charge in [-0.15, -0.1) is 0 Å². The molecular weight excluding hydrogens is 426 g/mol. The normalized spacial score (nSPS) is 16.2. The van der Waals surface area contributed by atoms with Gasteiger partial charge in [0.05, 0.1) is 22.7 Å². The Morgan fingerprint density at radius 1 is 1.39 bits per heavy atom. The molecule has 7 nitrogen and oxygen atoms in total. The van der Waals surface area contributed by atoms with Crippen molar-refractivity contribution in [1.82, 2.24) is 10.2 Å². The molecule has 1 N–H and O–H groups in total. The Labute approximate surface area is 174 Å². The van der Waals surface area contributed by atoms with Crippen molar-refractivity contribution in [3.8, 4) is 17.6 Å². The standard InChI is InChI=1S/C20H26BrN3O4/c1-3-27-17-10-15(11-22)9-16(21)20(17)28-13-18(25)23-7-6-19(26)24-8-4-5-14(2)12-24/h9-10,14H,3-8,12-13H2,1-2H3,(H,23,25). The van der Waals surface area contributed by atoms with E-state index in [1.807, 2.05) is 17.9 Å². The van der Waals surface area contributed by atoms with Gasteiger partial charge in [0, 0.05) is 32.1 Å². The molecule has 1 unspecified atom stereocenters. The number of hydrogen-bond donors (Lipinski definition) is 1. The number of likely N-dealkylation sites (tertiary alicyclic amines) is 1. The molecule has 152 valence electrons. The van der Waals surface area contributed by atoms with Gasteiger partial charge in [-0.1, -0.05) is 6.92 Å². The van der Waals surface area contributed by atoms with Crippen LogP contribution in [0.25, 0.3) is 0 Å². The van der Waals surface area contributed by atoms with Crippen molar-refractivity contribution in [1.29, 1.82) is 5.26 Å². The third-order valence-corrected chi connectivity index (χ3v) is 5.05. The summed E-state index contributed by atoms with van der Waals surface area (Å²) in [5.41, 5.74) is 0.428. The molecular formula is C20H26BrN3O4. The predicted molar refractivity (Wildman–Crippen MR) is 108 cm³/mol. The summed E-state index contributed by atoms with van der Waals surface area (Å²) in [7, 11) is 0. The molecule has 0 bridgehead atoms. The maximum absolute atomic E-state index is 12.2. The van der Waals surface area contributed by atoms with Gasteiger partial charge in [0.2, 0.25) is 5.91 Å². The maximum Gasteiger partial charge on any atom is 0.257 e. The molecule has 1 aromatic carbocycles. The lowest BCUT2D eigenvalue weighted by atomic mass is 10.00. The average molecular weight is 452 g/mol. The zero-order valence-corrected chi connectivity index (χ0v) is 17.9. The molecule has 28 heavy (non-hydrogen) atoms. The third-order valence-electron chi connectivity index (χ3n) is 4.46. The highest BCUT2D eigenvalue weighted by molar-refractivity contribution is 9.10. The topological polar surface area (TPSA) is 91.7 Å². The fraction of sp³-hybridized carbons (Fsp3) is 0.550. The van der Waals surface area contributed by atoms with E-state index in [4.69, 9.17) is 14.7 Å². The molecule has 0 aliphatic carbocycles. The number of benzene rings is 1. The molecule has 1 aromatic rings. The van der Waals surface area contributed by atoms with E-state index >= 15 is 0 Å². The van der Waals surface area contributed by atoms with Crippen LogP contribution in [0.4, 0.5) is 0 Å². The Morgan fingerprint density at radius 2 is 2.18 bits per heavy atom. The number of amides is 2. The second-order valence-electron chi connectivity index (χ2n) is 6.81. The van der Waals surface area contributed by atoms with Crippen LogP contribution >= 0.6 is 15.9 Å². The predicted octanol–water partition coefficient (Wildman–Crippen LogP) is 2.86. The molecule has 1 fully saturated rings. The highest BCUT2D eigenvalue weighted by Crippen LogP contribution is 2.36. The zero-order valence-electron chi connectivity index (χ0n) is 16.3. The molecule has 1 saturated heterocycles. The van der Waals surface area contributed by atoms with Crippen molar-refractivity contribution in [3.05, 3.63) is 22.2 Å². The first-order chi connectivity index (χ1) is 13.4. The van der Waals surface area contributed by atoms with Gasteiger partial charge in [0.1, 0.15) is 0 Å². The molecule has 1 atom stereocenters. The van der Waals surface area contributed by atoms with E-state index in [0.717, 1.165) is 25.9 Å². The van der Waals surface area contributed by atoms with Crippen LogP contribution in [0, 0.1) is 17.2 Å². The summed E-state index contributed by atoms with van der Waals surface area (Å²) in [6.45, 7) is 6.04. The van der Waals surface area contributed by atoms with Crippen molar-refractivity contribution in [3.63, 3.8) is 0 Å². The average Bonchev–Trinajstić information content (AvgIpc) is 2.67. The van der Waals surface area contributed by atoms with Crippen LogP contribution in [0.15, 0.2) is 16.6 Å². The number of piperidine rings is 1. The number of hydrogen-bond acceptors (Lipinski definition) is 5. The maximum atomic E-state index is 12.2. The summed E-state index contributed by atoms with van der Waals surface area (Å²) in [6, 6.07) is 5.22. The summed E-state index contributed by atoms with van der Waals surface area (Å²) in [4.78, 5) is 26.2. The zero-order chi connectivity index (χ0) is 20.5. The molecule has 1 aliphatic rings. The first kappa shape index (κ1) is 22.0. The van der Waals surface area contributed by atoms with Gasteiger partial charge in [-0.05, 0) is 47.7 Å². The SMILES string of the molecule is CCOc1cc(C#N)cc(Br)c1OCC(=O)NCCC(=O)N1CCCC(C)C1. The highest BCUT2D eigenvalue weighted by atomic mass is 79.9. The lowest BCUT2D eigenvalue weighted by molar-refractivity contribution is -0.132. The molecule has 0 radical (unpaired) electrons. The Kier molecular flexibility index (Phi) is 8.58. The number of ether oxygens (including phenoxy) is 2. The van der Waals surface area contributed by atoms with Crippen molar-refractivity contribution >= 4 is 27.7 Å². The summed E-state index contributed by atoms with van der Waals surface area (Å²) in [5.74, 6) is 1.05. The van der Waals surface area contributed by atoms with Gasteiger partial charge in [0.15, 0.2) is 18.1 Å². The van der Waals surface area contributed by atoms with Crippen molar-refractivity contribution < 1.29 is 19.1 Å². The van der Waals surface area contributed by atoms with Crippen molar-refractivity contribution in [2.75, 3.05) is 32.8 Å². The van der Waals surface area contributed by atoms with E-state index < -0.39 is 0 Å². The first-order valence-electron chi connectivity index (χ1n) is 9.48. The van der Waals surface area contributed by atoms with Crippen LogP contribution < -0.4 is 14.8 Å². The second-order valence-corrected chi connectivity index (χ2v) is 7.66. The largest absolute Gasteiger partial charge is 0.490 e. The molecule has 2 rings (SSSR count). The quantitative estimate of drug-likeness (QED) is 0.655. The minimum atomic E-state index is -0.321. The lowest BCUT2D eigenvalue weighted by Crippen LogP contribution is -2.41. The summed E-state index contributed by atoms with van der Waals surface area (Å²) in [6.07, 6.45) is 2.48. The van der Waals surface area contributed by atoms with Crippen LogP contribution in [0.5, 0.6) is 11.5 Å². The third kappa shape index (κ3) is 6.41.